The minimum atomic E-state index is -0.928. The van der Waals surface area contributed by atoms with Gasteiger partial charge < -0.3 is 14.6 Å². The molecule has 1 fully saturated rings. The number of nitrogens with zero attached hydrogens (tertiary/aromatic N) is 1. The van der Waals surface area contributed by atoms with E-state index in [4.69, 9.17) is 26.2 Å². The molecule has 0 spiro atoms. The number of pyridine rings is 1. The van der Waals surface area contributed by atoms with Gasteiger partial charge in [-0.1, -0.05) is 60.1 Å². The minimum Gasteiger partial charge on any atom is -0.478 e. The molecule has 6 heteroatoms. The van der Waals surface area contributed by atoms with Crippen LogP contribution in [0.5, 0.6) is 0 Å². The summed E-state index contributed by atoms with van der Waals surface area (Å²) in [5.74, 6) is -1.75. The predicted molar refractivity (Wildman–Crippen MR) is 137 cm³/mol. The standard InChI is InChI=1S/C29H24ClNO4/c30-25-11-9-22-10-13-26(31-27(22)19-25)12-6-21-2-1-3-24(18-21)29(34-16-17-35-29)15-14-20-4-7-23(8-5-20)28(32)33/h1-13,18-19H,14-17H2,(H,32,33)/b12-6+. The number of aryl methyl sites for hydroxylation is 1. The van der Waals surface area contributed by atoms with Crippen molar-refractivity contribution in [2.75, 3.05) is 13.2 Å². The Morgan fingerprint density at radius 1 is 0.971 bits per heavy atom. The summed E-state index contributed by atoms with van der Waals surface area (Å²) in [4.78, 5) is 15.8. The third-order valence-corrected chi connectivity index (χ3v) is 6.38. The highest BCUT2D eigenvalue weighted by molar-refractivity contribution is 6.31. The molecule has 3 aromatic carbocycles. The summed E-state index contributed by atoms with van der Waals surface area (Å²) in [6.07, 6.45) is 5.32. The number of carboxylic acid groups (broad SMARTS) is 1. The summed E-state index contributed by atoms with van der Waals surface area (Å²) in [5, 5.41) is 10.8. The highest BCUT2D eigenvalue weighted by atomic mass is 35.5. The molecule has 0 saturated carbocycles. The van der Waals surface area contributed by atoms with Crippen LogP contribution in [0.2, 0.25) is 5.02 Å². The van der Waals surface area contributed by atoms with E-state index in [9.17, 15) is 4.79 Å². The Balaban J connectivity index is 1.35. The number of hydrogen-bond donors (Lipinski definition) is 1. The first kappa shape index (κ1) is 23.2. The second-order valence-corrected chi connectivity index (χ2v) is 8.92. The van der Waals surface area contributed by atoms with E-state index in [1.807, 2.05) is 72.8 Å². The highest BCUT2D eigenvalue weighted by Crippen LogP contribution is 2.36. The number of carboxylic acids is 1. The van der Waals surface area contributed by atoms with Crippen molar-refractivity contribution in [3.8, 4) is 0 Å². The Morgan fingerprint density at radius 3 is 2.51 bits per heavy atom. The third kappa shape index (κ3) is 5.28. The van der Waals surface area contributed by atoms with E-state index in [1.165, 1.54) is 0 Å². The lowest BCUT2D eigenvalue weighted by Gasteiger charge is -2.28. The van der Waals surface area contributed by atoms with E-state index in [0.717, 1.165) is 33.3 Å². The van der Waals surface area contributed by atoms with Crippen LogP contribution in [0, 0.1) is 0 Å². The monoisotopic (exact) mass is 485 g/mol. The molecule has 5 rings (SSSR count). The number of carbonyl (C=O) groups is 1. The zero-order valence-electron chi connectivity index (χ0n) is 19.0. The van der Waals surface area contributed by atoms with Crippen molar-refractivity contribution in [3.05, 3.63) is 112 Å². The lowest BCUT2D eigenvalue weighted by Crippen LogP contribution is -2.28. The molecule has 0 unspecified atom stereocenters. The molecule has 1 aromatic heterocycles. The third-order valence-electron chi connectivity index (χ3n) is 6.15. The fourth-order valence-corrected chi connectivity index (χ4v) is 4.46. The van der Waals surface area contributed by atoms with Crippen LogP contribution in [-0.2, 0) is 21.7 Å². The first-order chi connectivity index (χ1) is 17.0. The quantitative estimate of drug-likeness (QED) is 0.320. The second kappa shape index (κ2) is 10.0. The van der Waals surface area contributed by atoms with Crippen molar-refractivity contribution < 1.29 is 19.4 Å². The van der Waals surface area contributed by atoms with Crippen LogP contribution in [0.15, 0.2) is 78.9 Å². The van der Waals surface area contributed by atoms with Gasteiger partial charge in [0.05, 0.1) is 30.0 Å². The van der Waals surface area contributed by atoms with E-state index < -0.39 is 11.8 Å². The number of halogens is 1. The first-order valence-corrected chi connectivity index (χ1v) is 11.8. The molecule has 4 aromatic rings. The van der Waals surface area contributed by atoms with Gasteiger partial charge in [0.1, 0.15) is 0 Å². The Bertz CT molecular complexity index is 1390. The molecule has 1 aliphatic heterocycles. The maximum atomic E-state index is 11.1. The van der Waals surface area contributed by atoms with E-state index in [1.54, 1.807) is 12.1 Å². The van der Waals surface area contributed by atoms with Crippen molar-refractivity contribution in [3.63, 3.8) is 0 Å². The van der Waals surface area contributed by atoms with Crippen LogP contribution < -0.4 is 0 Å². The van der Waals surface area contributed by atoms with Gasteiger partial charge >= 0.3 is 5.97 Å². The molecule has 0 bridgehead atoms. The molecule has 0 aliphatic carbocycles. The zero-order chi connectivity index (χ0) is 24.3. The average Bonchev–Trinajstić information content (AvgIpc) is 3.37. The van der Waals surface area contributed by atoms with Crippen LogP contribution in [-0.4, -0.2) is 29.3 Å². The lowest BCUT2D eigenvalue weighted by atomic mass is 9.95. The van der Waals surface area contributed by atoms with E-state index in [0.29, 0.717) is 31.1 Å². The van der Waals surface area contributed by atoms with Gasteiger partial charge in [0.25, 0.3) is 0 Å². The number of aromatic carboxylic acids is 1. The van der Waals surface area contributed by atoms with Gasteiger partial charge in [-0.05, 0) is 60.0 Å². The molecule has 35 heavy (non-hydrogen) atoms. The maximum Gasteiger partial charge on any atom is 0.335 e. The molecule has 0 radical (unpaired) electrons. The molecule has 1 saturated heterocycles. The van der Waals surface area contributed by atoms with Gasteiger partial charge in [-0.3, -0.25) is 0 Å². The topological polar surface area (TPSA) is 68.7 Å². The van der Waals surface area contributed by atoms with Gasteiger partial charge in [0, 0.05) is 22.4 Å². The molecule has 0 atom stereocenters. The minimum absolute atomic E-state index is 0.278. The molecular weight excluding hydrogens is 462 g/mol. The Kier molecular flexibility index (Phi) is 6.64. The van der Waals surface area contributed by atoms with Crippen molar-refractivity contribution in [1.82, 2.24) is 4.98 Å². The number of ether oxygens (including phenoxy) is 2. The number of hydrogen-bond acceptors (Lipinski definition) is 4. The smallest absolute Gasteiger partial charge is 0.335 e. The second-order valence-electron chi connectivity index (χ2n) is 8.48. The number of rotatable bonds is 7. The highest BCUT2D eigenvalue weighted by Gasteiger charge is 2.38. The Hall–Kier alpha value is -3.51. The van der Waals surface area contributed by atoms with Gasteiger partial charge in [0.15, 0.2) is 5.79 Å². The summed E-state index contributed by atoms with van der Waals surface area (Å²) < 4.78 is 12.2. The molecule has 1 aliphatic rings. The van der Waals surface area contributed by atoms with Crippen LogP contribution in [0.4, 0.5) is 0 Å². The van der Waals surface area contributed by atoms with E-state index in [2.05, 4.69) is 11.1 Å². The normalized spacial score (nSPS) is 15.1. The zero-order valence-corrected chi connectivity index (χ0v) is 19.7. The molecule has 0 amide bonds. The van der Waals surface area contributed by atoms with Gasteiger partial charge in [-0.2, -0.15) is 0 Å². The van der Waals surface area contributed by atoms with Crippen molar-refractivity contribution >= 4 is 40.6 Å². The molecule has 2 heterocycles. The van der Waals surface area contributed by atoms with E-state index in [-0.39, 0.29) is 5.56 Å². The van der Waals surface area contributed by atoms with Gasteiger partial charge in [0.2, 0.25) is 0 Å². The molecular formula is C29H24ClNO4. The largest absolute Gasteiger partial charge is 0.478 e. The van der Waals surface area contributed by atoms with Crippen LogP contribution in [0.1, 0.15) is 39.2 Å². The van der Waals surface area contributed by atoms with Gasteiger partial charge in [-0.15, -0.1) is 0 Å². The average molecular weight is 486 g/mol. The van der Waals surface area contributed by atoms with E-state index >= 15 is 0 Å². The molecule has 176 valence electrons. The molecule has 1 N–H and O–H groups in total. The fraction of sp³-hybridized carbons (Fsp3) is 0.172. The van der Waals surface area contributed by atoms with Crippen LogP contribution in [0.3, 0.4) is 0 Å². The Morgan fingerprint density at radius 2 is 1.74 bits per heavy atom. The number of benzene rings is 3. The SMILES string of the molecule is O=C(O)c1ccc(CCC2(c3cccc(/C=C/c4ccc5ccc(Cl)cc5n4)c3)OCCO2)cc1. The van der Waals surface area contributed by atoms with Crippen LogP contribution in [0.25, 0.3) is 23.1 Å². The summed E-state index contributed by atoms with van der Waals surface area (Å²) in [6, 6.07) is 24.8. The lowest BCUT2D eigenvalue weighted by molar-refractivity contribution is -0.170. The summed E-state index contributed by atoms with van der Waals surface area (Å²) in [7, 11) is 0. The fourth-order valence-electron chi connectivity index (χ4n) is 4.29. The van der Waals surface area contributed by atoms with Crippen molar-refractivity contribution in [1.29, 1.82) is 0 Å². The maximum absolute atomic E-state index is 11.1. The predicted octanol–water partition coefficient (Wildman–Crippen LogP) is 6.59. The first-order valence-electron chi connectivity index (χ1n) is 11.5. The number of fused-ring (bicyclic) bond motifs is 1. The van der Waals surface area contributed by atoms with Gasteiger partial charge in [-0.25, -0.2) is 9.78 Å². The summed E-state index contributed by atoms with van der Waals surface area (Å²) >= 11 is 6.12. The van der Waals surface area contributed by atoms with Crippen molar-refractivity contribution in [2.45, 2.75) is 18.6 Å². The number of aromatic nitrogens is 1. The van der Waals surface area contributed by atoms with Crippen molar-refractivity contribution in [2.24, 2.45) is 0 Å². The summed E-state index contributed by atoms with van der Waals surface area (Å²) in [5.41, 5.74) is 4.99. The molecule has 5 nitrogen and oxygen atoms in total. The Labute approximate surface area is 208 Å². The van der Waals surface area contributed by atoms with Crippen LogP contribution >= 0.6 is 11.6 Å². The summed E-state index contributed by atoms with van der Waals surface area (Å²) in [6.45, 7) is 1.06.